The van der Waals surface area contributed by atoms with Crippen LogP contribution >= 0.6 is 0 Å². The summed E-state index contributed by atoms with van der Waals surface area (Å²) in [5.41, 5.74) is 1.00. The maximum atomic E-state index is 8.68. The van der Waals surface area contributed by atoms with Crippen LogP contribution < -0.4 is 10.1 Å². The third-order valence-electron chi connectivity index (χ3n) is 2.68. The van der Waals surface area contributed by atoms with Crippen molar-refractivity contribution in [3.8, 4) is 17.9 Å². The van der Waals surface area contributed by atoms with Gasteiger partial charge in [-0.05, 0) is 12.5 Å². The number of benzene rings is 1. The lowest BCUT2D eigenvalue weighted by Crippen LogP contribution is -2.27. The second kappa shape index (κ2) is 8.11. The molecule has 0 aliphatic rings. The number of nitriles is 2. The van der Waals surface area contributed by atoms with E-state index in [1.165, 1.54) is 0 Å². The van der Waals surface area contributed by atoms with Crippen molar-refractivity contribution in [3.63, 3.8) is 0 Å². The van der Waals surface area contributed by atoms with Gasteiger partial charge in [0.15, 0.2) is 6.61 Å². The maximum Gasteiger partial charge on any atom is 0.174 e. The Hall–Kier alpha value is -2.04. The number of hydrogen-bond acceptors (Lipinski definition) is 4. The first-order chi connectivity index (χ1) is 8.81. The fraction of sp³-hybridized carbons (Fsp3) is 0.429. The highest BCUT2D eigenvalue weighted by Crippen LogP contribution is 2.18. The van der Waals surface area contributed by atoms with Crippen molar-refractivity contribution < 1.29 is 4.74 Å². The quantitative estimate of drug-likeness (QED) is 0.798. The summed E-state index contributed by atoms with van der Waals surface area (Å²) < 4.78 is 5.35. The van der Waals surface area contributed by atoms with Crippen molar-refractivity contribution in [1.82, 2.24) is 5.32 Å². The molecule has 1 N–H and O–H groups in total. The second-order valence-corrected chi connectivity index (χ2v) is 3.90. The average Bonchev–Trinajstić information content (AvgIpc) is 2.42. The summed E-state index contributed by atoms with van der Waals surface area (Å²) in [7, 11) is 0. The van der Waals surface area contributed by atoms with Crippen LogP contribution in [0.2, 0.25) is 0 Å². The van der Waals surface area contributed by atoms with Gasteiger partial charge in [-0.2, -0.15) is 10.5 Å². The summed E-state index contributed by atoms with van der Waals surface area (Å²) >= 11 is 0. The Morgan fingerprint density at radius 3 is 2.72 bits per heavy atom. The van der Waals surface area contributed by atoms with Crippen molar-refractivity contribution in [2.45, 2.75) is 32.4 Å². The van der Waals surface area contributed by atoms with Crippen LogP contribution in [0.3, 0.4) is 0 Å². The molecular weight excluding hydrogens is 226 g/mol. The molecule has 4 heteroatoms. The average molecular weight is 243 g/mol. The summed E-state index contributed by atoms with van der Waals surface area (Å²) in [4.78, 5) is 0. The number of hydrogen-bond donors (Lipinski definition) is 1. The Bertz CT molecular complexity index is 445. The van der Waals surface area contributed by atoms with E-state index in [0.717, 1.165) is 17.7 Å². The zero-order valence-electron chi connectivity index (χ0n) is 10.5. The molecule has 1 unspecified atom stereocenters. The monoisotopic (exact) mass is 243 g/mol. The van der Waals surface area contributed by atoms with Crippen molar-refractivity contribution in [1.29, 1.82) is 10.5 Å². The van der Waals surface area contributed by atoms with Gasteiger partial charge < -0.3 is 10.1 Å². The van der Waals surface area contributed by atoms with E-state index in [1.54, 1.807) is 0 Å². The lowest BCUT2D eigenvalue weighted by Gasteiger charge is -2.15. The lowest BCUT2D eigenvalue weighted by atomic mass is 10.1. The van der Waals surface area contributed by atoms with Gasteiger partial charge in [0.1, 0.15) is 11.8 Å². The molecule has 0 aliphatic heterocycles. The van der Waals surface area contributed by atoms with Crippen molar-refractivity contribution in [3.05, 3.63) is 29.8 Å². The number of nitrogens with one attached hydrogen (secondary N) is 1. The minimum atomic E-state index is 0.0480. The van der Waals surface area contributed by atoms with Crippen LogP contribution in [0.4, 0.5) is 0 Å². The minimum absolute atomic E-state index is 0.0480. The number of rotatable bonds is 7. The Balaban J connectivity index is 2.61. The topological polar surface area (TPSA) is 68.8 Å². The van der Waals surface area contributed by atoms with Crippen LogP contribution in [0.5, 0.6) is 5.75 Å². The number of ether oxygens (including phenoxy) is 1. The first-order valence-corrected chi connectivity index (χ1v) is 5.99. The summed E-state index contributed by atoms with van der Waals surface area (Å²) in [5, 5.41) is 20.5. The van der Waals surface area contributed by atoms with Crippen LogP contribution in [0.25, 0.3) is 0 Å². The Morgan fingerprint density at radius 2 is 2.06 bits per heavy atom. The molecule has 1 aromatic carbocycles. The highest BCUT2D eigenvalue weighted by Gasteiger charge is 2.07. The normalized spacial score (nSPS) is 11.3. The maximum absolute atomic E-state index is 8.68. The SMILES string of the molecule is CCC(CC#N)NCc1ccccc1OCC#N. The van der Waals surface area contributed by atoms with E-state index in [1.807, 2.05) is 37.3 Å². The predicted octanol–water partition coefficient (Wildman–Crippen LogP) is 2.37. The third-order valence-corrected chi connectivity index (χ3v) is 2.68. The highest BCUT2D eigenvalue weighted by molar-refractivity contribution is 5.33. The molecule has 0 fully saturated rings. The molecule has 1 aromatic rings. The molecule has 0 bridgehead atoms. The minimum Gasteiger partial charge on any atom is -0.478 e. The van der Waals surface area contributed by atoms with Gasteiger partial charge in [-0.25, -0.2) is 0 Å². The summed E-state index contributed by atoms with van der Waals surface area (Å²) in [6, 6.07) is 11.9. The molecule has 0 aromatic heterocycles. The molecule has 4 nitrogen and oxygen atoms in total. The summed E-state index contributed by atoms with van der Waals surface area (Å²) in [5.74, 6) is 0.721. The van der Waals surface area contributed by atoms with Gasteiger partial charge in [-0.3, -0.25) is 0 Å². The molecule has 1 rings (SSSR count). The highest BCUT2D eigenvalue weighted by atomic mass is 16.5. The van der Waals surface area contributed by atoms with Crippen molar-refractivity contribution >= 4 is 0 Å². The zero-order chi connectivity index (χ0) is 13.2. The van der Waals surface area contributed by atoms with Crippen LogP contribution in [0, 0.1) is 22.7 Å². The van der Waals surface area contributed by atoms with E-state index in [0.29, 0.717) is 13.0 Å². The van der Waals surface area contributed by atoms with Gasteiger partial charge >= 0.3 is 0 Å². The summed E-state index contributed by atoms with van der Waals surface area (Å²) in [6.07, 6.45) is 1.41. The molecule has 18 heavy (non-hydrogen) atoms. The summed E-state index contributed by atoms with van der Waals surface area (Å²) in [6.45, 7) is 2.74. The Morgan fingerprint density at radius 1 is 1.28 bits per heavy atom. The van der Waals surface area contributed by atoms with E-state index in [2.05, 4.69) is 11.4 Å². The van der Waals surface area contributed by atoms with Gasteiger partial charge in [0.05, 0.1) is 12.5 Å². The van der Waals surface area contributed by atoms with E-state index in [-0.39, 0.29) is 12.6 Å². The van der Waals surface area contributed by atoms with E-state index >= 15 is 0 Å². The van der Waals surface area contributed by atoms with Crippen LogP contribution in [-0.4, -0.2) is 12.6 Å². The second-order valence-electron chi connectivity index (χ2n) is 3.90. The van der Waals surface area contributed by atoms with Gasteiger partial charge in [0.2, 0.25) is 0 Å². The standard InChI is InChI=1S/C14H17N3O/c1-2-13(7-8-15)17-11-12-5-3-4-6-14(12)18-10-9-16/h3-6,13,17H,2,7,10-11H2,1H3. The fourth-order valence-electron chi connectivity index (χ4n) is 1.63. The molecule has 0 heterocycles. The molecule has 0 saturated carbocycles. The lowest BCUT2D eigenvalue weighted by molar-refractivity contribution is 0.361. The zero-order valence-corrected chi connectivity index (χ0v) is 10.5. The van der Waals surface area contributed by atoms with Gasteiger partial charge in [0, 0.05) is 18.2 Å². The first kappa shape index (κ1) is 14.0. The molecule has 0 radical (unpaired) electrons. The molecule has 0 saturated heterocycles. The number of para-hydroxylation sites is 1. The van der Waals surface area contributed by atoms with Gasteiger partial charge in [-0.15, -0.1) is 0 Å². The third kappa shape index (κ3) is 4.45. The molecule has 1 atom stereocenters. The molecule has 0 amide bonds. The Kier molecular flexibility index (Phi) is 6.32. The predicted molar refractivity (Wildman–Crippen MR) is 68.7 cm³/mol. The fourth-order valence-corrected chi connectivity index (χ4v) is 1.63. The molecule has 0 aliphatic carbocycles. The van der Waals surface area contributed by atoms with Crippen LogP contribution in [-0.2, 0) is 6.54 Å². The molecule has 94 valence electrons. The van der Waals surface area contributed by atoms with E-state index in [9.17, 15) is 0 Å². The van der Waals surface area contributed by atoms with Gasteiger partial charge in [0.25, 0.3) is 0 Å². The molecule has 0 spiro atoms. The van der Waals surface area contributed by atoms with Crippen LogP contribution in [0.1, 0.15) is 25.3 Å². The molecular formula is C14H17N3O. The van der Waals surface area contributed by atoms with E-state index < -0.39 is 0 Å². The largest absolute Gasteiger partial charge is 0.478 e. The smallest absolute Gasteiger partial charge is 0.174 e. The van der Waals surface area contributed by atoms with E-state index in [4.69, 9.17) is 15.3 Å². The first-order valence-electron chi connectivity index (χ1n) is 5.99. The number of nitrogens with zero attached hydrogens (tertiary/aromatic N) is 2. The Labute approximate surface area is 108 Å². The van der Waals surface area contributed by atoms with Crippen molar-refractivity contribution in [2.75, 3.05) is 6.61 Å². The van der Waals surface area contributed by atoms with Gasteiger partial charge in [-0.1, -0.05) is 25.1 Å². The van der Waals surface area contributed by atoms with Crippen LogP contribution in [0.15, 0.2) is 24.3 Å². The van der Waals surface area contributed by atoms with Crippen molar-refractivity contribution in [2.24, 2.45) is 0 Å².